The van der Waals surface area contributed by atoms with Gasteiger partial charge in [-0.2, -0.15) is 0 Å². The van der Waals surface area contributed by atoms with E-state index in [-0.39, 0.29) is 0 Å². The number of pyridine rings is 1. The molecule has 4 aromatic rings. The number of likely N-dealkylation sites (tertiary alicyclic amines) is 1. The molecule has 4 N–H and O–H groups in total. The van der Waals surface area contributed by atoms with E-state index in [1.165, 1.54) is 18.4 Å². The molecule has 1 saturated heterocycles. The van der Waals surface area contributed by atoms with Crippen LogP contribution >= 0.6 is 12.2 Å². The molecular formula is C26H31N7OS. The van der Waals surface area contributed by atoms with Gasteiger partial charge in [-0.05, 0) is 74.4 Å². The lowest BCUT2D eigenvalue weighted by Gasteiger charge is -2.32. The number of fused-ring (bicyclic) bond motifs is 1. The van der Waals surface area contributed by atoms with E-state index in [4.69, 9.17) is 27.4 Å². The van der Waals surface area contributed by atoms with Crippen LogP contribution in [0.2, 0.25) is 0 Å². The summed E-state index contributed by atoms with van der Waals surface area (Å²) in [6, 6.07) is 14.1. The molecule has 0 amide bonds. The van der Waals surface area contributed by atoms with E-state index in [1.54, 1.807) is 24.7 Å². The molecule has 9 heteroatoms. The molecule has 5 rings (SSSR count). The van der Waals surface area contributed by atoms with Crippen molar-refractivity contribution in [2.75, 3.05) is 37.2 Å². The molecule has 8 nitrogen and oxygen atoms in total. The van der Waals surface area contributed by atoms with E-state index in [2.05, 4.69) is 49.4 Å². The molecule has 0 radical (unpaired) electrons. The van der Waals surface area contributed by atoms with Crippen LogP contribution in [0.4, 0.5) is 11.4 Å². The van der Waals surface area contributed by atoms with E-state index in [0.717, 1.165) is 55.4 Å². The van der Waals surface area contributed by atoms with Gasteiger partial charge in [0.25, 0.3) is 0 Å². The van der Waals surface area contributed by atoms with E-state index in [9.17, 15) is 0 Å². The molecule has 4 heterocycles. The summed E-state index contributed by atoms with van der Waals surface area (Å²) in [5.74, 6) is 2.73. The Bertz CT molecular complexity index is 1260. The third-order valence-corrected chi connectivity index (χ3v) is 6.87. The first kappa shape index (κ1) is 23.3. The molecule has 3 aromatic heterocycles. The first-order valence-corrected chi connectivity index (χ1v) is 12.5. The largest absolute Gasteiger partial charge is 0.467 e. The summed E-state index contributed by atoms with van der Waals surface area (Å²) in [4.78, 5) is 11.6. The molecule has 0 atom stereocenters. The SMILES string of the molecule is Nc1ccncc1NC(=S)NCCN1CCC(Cc2nc3ccccc3n2Cc2ccco2)CC1. The molecule has 0 unspecified atom stereocenters. The van der Waals surface area contributed by atoms with Crippen molar-refractivity contribution in [3.63, 3.8) is 0 Å². The third-order valence-electron chi connectivity index (χ3n) is 6.62. The number of imidazole rings is 1. The topological polar surface area (TPSA) is 97.2 Å². The van der Waals surface area contributed by atoms with Gasteiger partial charge in [0.15, 0.2) is 5.11 Å². The Labute approximate surface area is 210 Å². The number of nitrogens with two attached hydrogens (primary N) is 1. The molecule has 0 spiro atoms. The highest BCUT2D eigenvalue weighted by molar-refractivity contribution is 7.80. The molecule has 1 aliphatic rings. The fraction of sp³-hybridized carbons (Fsp3) is 0.346. The predicted octanol–water partition coefficient (Wildman–Crippen LogP) is 3.90. The minimum atomic E-state index is 0.565. The molecule has 0 bridgehead atoms. The Morgan fingerprint density at radius 1 is 1.14 bits per heavy atom. The average molecular weight is 490 g/mol. The highest BCUT2D eigenvalue weighted by atomic mass is 32.1. The highest BCUT2D eigenvalue weighted by Gasteiger charge is 2.22. The van der Waals surface area contributed by atoms with Crippen LogP contribution < -0.4 is 16.4 Å². The van der Waals surface area contributed by atoms with Gasteiger partial charge in [-0.1, -0.05) is 12.1 Å². The maximum Gasteiger partial charge on any atom is 0.170 e. The number of nitrogens with zero attached hydrogens (tertiary/aromatic N) is 4. The smallest absolute Gasteiger partial charge is 0.170 e. The van der Waals surface area contributed by atoms with Gasteiger partial charge < -0.3 is 30.3 Å². The van der Waals surface area contributed by atoms with Crippen LogP contribution in [0.1, 0.15) is 24.4 Å². The van der Waals surface area contributed by atoms with Crippen molar-refractivity contribution in [1.82, 2.24) is 24.8 Å². The van der Waals surface area contributed by atoms with Crippen LogP contribution in [0, 0.1) is 5.92 Å². The summed E-state index contributed by atoms with van der Waals surface area (Å²) in [5, 5.41) is 6.95. The Morgan fingerprint density at radius 3 is 2.80 bits per heavy atom. The summed E-state index contributed by atoms with van der Waals surface area (Å²) in [7, 11) is 0. The fourth-order valence-corrected chi connectivity index (χ4v) is 4.90. The number of hydrogen-bond donors (Lipinski definition) is 3. The summed E-state index contributed by atoms with van der Waals surface area (Å²) >= 11 is 5.39. The van der Waals surface area contributed by atoms with Crippen molar-refractivity contribution in [2.24, 2.45) is 5.92 Å². The van der Waals surface area contributed by atoms with Gasteiger partial charge in [0, 0.05) is 25.7 Å². The van der Waals surface area contributed by atoms with E-state index in [1.807, 2.05) is 12.1 Å². The minimum Gasteiger partial charge on any atom is -0.467 e. The van der Waals surface area contributed by atoms with Gasteiger partial charge in [0.2, 0.25) is 0 Å². The standard InChI is InChI=1S/C26H31N7OS/c27-21-7-10-28-17-23(21)31-26(35)29-11-14-32-12-8-19(9-13-32)16-25-30-22-5-1-2-6-24(22)33(25)18-20-4-3-15-34-20/h1-7,10,15,17,19H,8-9,11-14,16,18H2,(H2,27,28)(H2,29,31,35). The highest BCUT2D eigenvalue weighted by Crippen LogP contribution is 2.25. The quantitative estimate of drug-likeness (QED) is 0.321. The maximum atomic E-state index is 5.94. The van der Waals surface area contributed by atoms with Crippen molar-refractivity contribution >= 4 is 39.7 Å². The van der Waals surface area contributed by atoms with Crippen LogP contribution in [-0.2, 0) is 13.0 Å². The first-order valence-electron chi connectivity index (χ1n) is 12.1. The van der Waals surface area contributed by atoms with Crippen molar-refractivity contribution in [1.29, 1.82) is 0 Å². The van der Waals surface area contributed by atoms with Crippen LogP contribution in [0.25, 0.3) is 11.0 Å². The molecule has 0 aliphatic carbocycles. The van der Waals surface area contributed by atoms with Gasteiger partial charge in [0.1, 0.15) is 11.6 Å². The zero-order chi connectivity index (χ0) is 24.0. The second kappa shape index (κ2) is 10.9. The summed E-state index contributed by atoms with van der Waals surface area (Å²) in [6.07, 6.45) is 8.39. The van der Waals surface area contributed by atoms with Crippen molar-refractivity contribution in [3.8, 4) is 0 Å². The Balaban J connectivity index is 1.11. The number of nitrogen functional groups attached to an aromatic ring is 1. The second-order valence-electron chi connectivity index (χ2n) is 9.02. The Kier molecular flexibility index (Phi) is 7.25. The number of anilines is 2. The number of aromatic nitrogens is 3. The lowest BCUT2D eigenvalue weighted by atomic mass is 9.93. The van der Waals surface area contributed by atoms with Crippen LogP contribution in [0.3, 0.4) is 0 Å². The van der Waals surface area contributed by atoms with Gasteiger partial charge in [-0.3, -0.25) is 4.98 Å². The van der Waals surface area contributed by atoms with E-state index >= 15 is 0 Å². The first-order chi connectivity index (χ1) is 17.2. The van der Waals surface area contributed by atoms with Gasteiger partial charge in [0.05, 0.1) is 41.4 Å². The second-order valence-corrected chi connectivity index (χ2v) is 9.42. The van der Waals surface area contributed by atoms with E-state index in [0.29, 0.717) is 23.3 Å². The normalized spacial score (nSPS) is 14.9. The van der Waals surface area contributed by atoms with Gasteiger partial charge in [-0.15, -0.1) is 0 Å². The number of thiocarbonyl (C=S) groups is 1. The number of furan rings is 1. The third kappa shape index (κ3) is 5.80. The average Bonchev–Trinajstić information content (AvgIpc) is 3.50. The number of benzene rings is 1. The van der Waals surface area contributed by atoms with Crippen LogP contribution in [-0.4, -0.2) is 50.7 Å². The van der Waals surface area contributed by atoms with Crippen LogP contribution in [0.15, 0.2) is 65.5 Å². The van der Waals surface area contributed by atoms with Crippen LogP contribution in [0.5, 0.6) is 0 Å². The summed E-state index contributed by atoms with van der Waals surface area (Å²) in [6.45, 7) is 4.62. The molecule has 0 saturated carbocycles. The molecular weight excluding hydrogens is 458 g/mol. The lowest BCUT2D eigenvalue weighted by molar-refractivity contribution is 0.185. The zero-order valence-corrected chi connectivity index (χ0v) is 20.5. The number of para-hydroxylation sites is 2. The lowest BCUT2D eigenvalue weighted by Crippen LogP contribution is -2.41. The molecule has 182 valence electrons. The summed E-state index contributed by atoms with van der Waals surface area (Å²) < 4.78 is 7.94. The molecule has 1 aliphatic heterocycles. The van der Waals surface area contributed by atoms with Gasteiger partial charge in [-0.25, -0.2) is 4.98 Å². The Morgan fingerprint density at radius 2 is 2.00 bits per heavy atom. The minimum absolute atomic E-state index is 0.565. The number of nitrogens with one attached hydrogen (secondary N) is 2. The van der Waals surface area contributed by atoms with Gasteiger partial charge >= 0.3 is 0 Å². The number of piperidine rings is 1. The maximum absolute atomic E-state index is 5.94. The molecule has 1 aromatic carbocycles. The number of rotatable bonds is 8. The molecule has 35 heavy (non-hydrogen) atoms. The monoisotopic (exact) mass is 489 g/mol. The summed E-state index contributed by atoms with van der Waals surface area (Å²) in [5.41, 5.74) is 9.51. The number of hydrogen-bond acceptors (Lipinski definition) is 6. The fourth-order valence-electron chi connectivity index (χ4n) is 4.69. The van der Waals surface area contributed by atoms with Crippen molar-refractivity contribution in [3.05, 3.63) is 72.7 Å². The van der Waals surface area contributed by atoms with Crippen molar-refractivity contribution < 1.29 is 4.42 Å². The zero-order valence-electron chi connectivity index (χ0n) is 19.7. The Hall–Kier alpha value is -3.43. The predicted molar refractivity (Wildman–Crippen MR) is 143 cm³/mol. The van der Waals surface area contributed by atoms with E-state index < -0.39 is 0 Å². The molecule has 1 fully saturated rings. The van der Waals surface area contributed by atoms with Crippen molar-refractivity contribution in [2.45, 2.75) is 25.8 Å².